The van der Waals surface area contributed by atoms with Gasteiger partial charge in [0.1, 0.15) is 0 Å². The van der Waals surface area contributed by atoms with Crippen molar-refractivity contribution < 1.29 is 5.11 Å². The van der Waals surface area contributed by atoms with Crippen LogP contribution in [0, 0.1) is 4.91 Å². The minimum Gasteiger partial charge on any atom is -0.367 e. The Bertz CT molecular complexity index is 70.1. The number of aliphatic hydroxyl groups is 1. The highest BCUT2D eigenvalue weighted by Crippen LogP contribution is 2.07. The molecule has 0 aliphatic heterocycles. The summed E-state index contributed by atoms with van der Waals surface area (Å²) in [5, 5.41) is 11.1. The van der Waals surface area contributed by atoms with Crippen LogP contribution in [-0.2, 0) is 0 Å². The SMILES string of the molecule is CCC(C)(O)N=O. The lowest BCUT2D eigenvalue weighted by molar-refractivity contribution is 0.0640. The lowest BCUT2D eigenvalue weighted by atomic mass is 10.2. The summed E-state index contributed by atoms with van der Waals surface area (Å²) in [5.74, 6) is 0. The highest BCUT2D eigenvalue weighted by molar-refractivity contribution is 4.63. The van der Waals surface area contributed by atoms with Crippen LogP contribution in [0.5, 0.6) is 0 Å². The maximum Gasteiger partial charge on any atom is 0.194 e. The van der Waals surface area contributed by atoms with Crippen molar-refractivity contribution in [3.05, 3.63) is 4.91 Å². The Morgan fingerprint density at radius 2 is 2.29 bits per heavy atom. The van der Waals surface area contributed by atoms with Gasteiger partial charge in [-0.05, 0) is 18.5 Å². The third kappa shape index (κ3) is 2.28. The summed E-state index contributed by atoms with van der Waals surface area (Å²) in [6.07, 6.45) is 0.372. The van der Waals surface area contributed by atoms with E-state index in [9.17, 15) is 4.91 Å². The maximum atomic E-state index is 9.56. The largest absolute Gasteiger partial charge is 0.367 e. The molecule has 42 valence electrons. The van der Waals surface area contributed by atoms with Crippen LogP contribution in [0.4, 0.5) is 0 Å². The molecule has 7 heavy (non-hydrogen) atoms. The zero-order chi connectivity index (χ0) is 5.91. The standard InChI is InChI=1S/C4H9NO2/c1-3-4(2,6)5-7/h6H,3H2,1-2H3. The van der Waals surface area contributed by atoms with E-state index in [1.807, 2.05) is 0 Å². The second-order valence-electron chi connectivity index (χ2n) is 1.66. The van der Waals surface area contributed by atoms with E-state index in [1.54, 1.807) is 6.92 Å². The van der Waals surface area contributed by atoms with Gasteiger partial charge in [-0.25, -0.2) is 0 Å². The quantitative estimate of drug-likeness (QED) is 0.527. The summed E-state index contributed by atoms with van der Waals surface area (Å²) in [4.78, 5) is 9.56. The van der Waals surface area contributed by atoms with Gasteiger partial charge in [-0.15, -0.1) is 4.91 Å². The molecule has 0 saturated heterocycles. The van der Waals surface area contributed by atoms with E-state index in [1.165, 1.54) is 6.92 Å². The molecule has 0 spiro atoms. The molecule has 0 saturated carbocycles. The maximum absolute atomic E-state index is 9.56. The van der Waals surface area contributed by atoms with Gasteiger partial charge in [-0.3, -0.25) is 0 Å². The van der Waals surface area contributed by atoms with E-state index >= 15 is 0 Å². The predicted octanol–water partition coefficient (Wildman–Crippen LogP) is 0.871. The molecule has 0 amide bonds. The summed E-state index contributed by atoms with van der Waals surface area (Å²) in [6.45, 7) is 3.07. The van der Waals surface area contributed by atoms with Crippen LogP contribution < -0.4 is 0 Å². The first-order valence-corrected chi connectivity index (χ1v) is 2.19. The third-order valence-corrected chi connectivity index (χ3v) is 0.866. The van der Waals surface area contributed by atoms with Crippen molar-refractivity contribution in [1.82, 2.24) is 0 Å². The molecule has 0 fully saturated rings. The average Bonchev–Trinajstić information content (AvgIpc) is 1.68. The van der Waals surface area contributed by atoms with Crippen LogP contribution in [0.25, 0.3) is 0 Å². The fourth-order valence-electron chi connectivity index (χ4n) is 0.0645. The molecule has 3 heteroatoms. The molecule has 0 bridgehead atoms. The molecule has 1 N–H and O–H groups in total. The molecule has 0 aromatic rings. The van der Waals surface area contributed by atoms with Gasteiger partial charge in [-0.1, -0.05) is 6.92 Å². The summed E-state index contributed by atoms with van der Waals surface area (Å²) in [5.41, 5.74) is -1.35. The fraction of sp³-hybridized carbons (Fsp3) is 1.00. The lowest BCUT2D eigenvalue weighted by Gasteiger charge is -2.07. The normalized spacial score (nSPS) is 18.1. The topological polar surface area (TPSA) is 49.7 Å². The molecular formula is C4H9NO2. The van der Waals surface area contributed by atoms with Crippen molar-refractivity contribution in [2.24, 2.45) is 5.18 Å². The molecule has 1 atom stereocenters. The zero-order valence-corrected chi connectivity index (χ0v) is 4.51. The molecule has 1 unspecified atom stereocenters. The third-order valence-electron chi connectivity index (χ3n) is 0.866. The molecule has 0 rings (SSSR count). The first-order valence-electron chi connectivity index (χ1n) is 2.19. The van der Waals surface area contributed by atoms with E-state index in [2.05, 4.69) is 5.18 Å². The van der Waals surface area contributed by atoms with Crippen LogP contribution in [0.1, 0.15) is 20.3 Å². The summed E-state index contributed by atoms with van der Waals surface area (Å²) in [7, 11) is 0. The summed E-state index contributed by atoms with van der Waals surface area (Å²) in [6, 6.07) is 0. The van der Waals surface area contributed by atoms with Crippen LogP contribution >= 0.6 is 0 Å². The second-order valence-corrected chi connectivity index (χ2v) is 1.66. The van der Waals surface area contributed by atoms with Gasteiger partial charge >= 0.3 is 0 Å². The van der Waals surface area contributed by atoms with Crippen molar-refractivity contribution in [2.75, 3.05) is 0 Å². The Kier molecular flexibility index (Phi) is 1.90. The first-order chi connectivity index (χ1) is 3.12. The Hall–Kier alpha value is -0.440. The molecule has 0 heterocycles. The predicted molar refractivity (Wildman–Crippen MR) is 26.7 cm³/mol. The zero-order valence-electron chi connectivity index (χ0n) is 4.51. The monoisotopic (exact) mass is 103 g/mol. The van der Waals surface area contributed by atoms with Crippen molar-refractivity contribution >= 4 is 0 Å². The van der Waals surface area contributed by atoms with Crippen molar-refractivity contribution in [1.29, 1.82) is 0 Å². The van der Waals surface area contributed by atoms with Crippen LogP contribution in [0.3, 0.4) is 0 Å². The van der Waals surface area contributed by atoms with Crippen LogP contribution in [0.15, 0.2) is 5.18 Å². The van der Waals surface area contributed by atoms with Crippen molar-refractivity contribution in [3.8, 4) is 0 Å². The Morgan fingerprint density at radius 1 is 1.86 bits per heavy atom. The molecule has 0 radical (unpaired) electrons. The Labute approximate surface area is 42.3 Å². The van der Waals surface area contributed by atoms with Gasteiger partial charge in [0.2, 0.25) is 0 Å². The smallest absolute Gasteiger partial charge is 0.194 e. The van der Waals surface area contributed by atoms with Gasteiger partial charge in [0.15, 0.2) is 5.72 Å². The summed E-state index contributed by atoms with van der Waals surface area (Å²) >= 11 is 0. The van der Waals surface area contributed by atoms with Gasteiger partial charge in [0.25, 0.3) is 0 Å². The number of hydrogen-bond donors (Lipinski definition) is 1. The van der Waals surface area contributed by atoms with Gasteiger partial charge in [0.05, 0.1) is 0 Å². The fourth-order valence-corrected chi connectivity index (χ4v) is 0.0645. The molecule has 0 aliphatic carbocycles. The number of nitrogens with zero attached hydrogens (tertiary/aromatic N) is 1. The van der Waals surface area contributed by atoms with Crippen molar-refractivity contribution in [2.45, 2.75) is 26.0 Å². The molecule has 0 aromatic heterocycles. The highest BCUT2D eigenvalue weighted by Gasteiger charge is 2.15. The van der Waals surface area contributed by atoms with Crippen LogP contribution in [-0.4, -0.2) is 10.8 Å². The number of hydrogen-bond acceptors (Lipinski definition) is 3. The minimum atomic E-state index is -1.35. The summed E-state index contributed by atoms with van der Waals surface area (Å²) < 4.78 is 0. The molecule has 0 aromatic carbocycles. The molecule has 3 nitrogen and oxygen atoms in total. The lowest BCUT2D eigenvalue weighted by Crippen LogP contribution is -2.17. The second kappa shape index (κ2) is 2.02. The minimum absolute atomic E-state index is 0.372. The Morgan fingerprint density at radius 3 is 2.29 bits per heavy atom. The highest BCUT2D eigenvalue weighted by atomic mass is 16.4. The first kappa shape index (κ1) is 6.56. The number of rotatable bonds is 2. The molecule has 0 aliphatic rings. The van der Waals surface area contributed by atoms with E-state index < -0.39 is 5.72 Å². The van der Waals surface area contributed by atoms with E-state index in [-0.39, 0.29) is 0 Å². The van der Waals surface area contributed by atoms with Crippen LogP contribution in [0.2, 0.25) is 0 Å². The van der Waals surface area contributed by atoms with Gasteiger partial charge in [-0.2, -0.15) is 0 Å². The van der Waals surface area contributed by atoms with E-state index in [4.69, 9.17) is 5.11 Å². The molecular weight excluding hydrogens is 94.0 g/mol. The number of nitroso groups, excluding NO2 is 1. The van der Waals surface area contributed by atoms with Gasteiger partial charge < -0.3 is 5.11 Å². The average molecular weight is 103 g/mol. The van der Waals surface area contributed by atoms with Crippen molar-refractivity contribution in [3.63, 3.8) is 0 Å². The van der Waals surface area contributed by atoms with E-state index in [0.29, 0.717) is 6.42 Å². The van der Waals surface area contributed by atoms with Gasteiger partial charge in [0, 0.05) is 0 Å². The van der Waals surface area contributed by atoms with E-state index in [0.717, 1.165) is 0 Å². The Balaban J connectivity index is 3.58.